The predicted octanol–water partition coefficient (Wildman–Crippen LogP) is 7.32. The summed E-state index contributed by atoms with van der Waals surface area (Å²) < 4.78 is 11.5. The smallest absolute Gasteiger partial charge is 0.161 e. The molecule has 0 aromatic heterocycles. The molecule has 0 spiro atoms. The van der Waals surface area contributed by atoms with Gasteiger partial charge in [0.2, 0.25) is 0 Å². The maximum absolute atomic E-state index is 6.01. The summed E-state index contributed by atoms with van der Waals surface area (Å²) in [5, 5.41) is 5.21. The number of rotatable bonds is 7. The molecule has 3 aromatic carbocycles. The number of halogens is 2. The molecule has 0 radical (unpaired) electrons. The van der Waals surface area contributed by atoms with Gasteiger partial charge in [-0.15, -0.1) is 0 Å². The molecule has 1 N–H and O–H groups in total. The average Bonchev–Trinajstić information content (AvgIpc) is 2.75. The van der Waals surface area contributed by atoms with Crippen LogP contribution in [0.3, 0.4) is 0 Å². The number of benzene rings is 3. The summed E-state index contributed by atoms with van der Waals surface area (Å²) in [5.74, 6) is 1.32. The molecule has 0 aliphatic heterocycles. The van der Waals surface area contributed by atoms with Gasteiger partial charge >= 0.3 is 0 Å². The second-order valence-corrected chi connectivity index (χ2v) is 8.96. The molecule has 6 heteroatoms. The Labute approximate surface area is 193 Å². The standard InChI is InChI=1S/C25H26Cl2N2O2/c1-25(2,3)19-8-5-17(6-9-19)16-31-23-12-7-18(13-24(23)30-4)15-28-29-20-10-11-21(26)22(27)14-20/h5-15,29H,16H2,1-4H3. The first-order valence-corrected chi connectivity index (χ1v) is 10.7. The van der Waals surface area contributed by atoms with Gasteiger partial charge in [0.1, 0.15) is 6.61 Å². The van der Waals surface area contributed by atoms with E-state index >= 15 is 0 Å². The molecule has 0 saturated carbocycles. The Hall–Kier alpha value is -2.69. The number of hydrogen-bond donors (Lipinski definition) is 1. The van der Waals surface area contributed by atoms with Crippen molar-refractivity contribution in [2.75, 3.05) is 12.5 Å². The van der Waals surface area contributed by atoms with Gasteiger partial charge in [-0.1, -0.05) is 68.2 Å². The molecule has 0 bridgehead atoms. The van der Waals surface area contributed by atoms with Gasteiger partial charge in [-0.05, 0) is 58.5 Å². The van der Waals surface area contributed by atoms with Crippen molar-refractivity contribution in [3.63, 3.8) is 0 Å². The third-order valence-electron chi connectivity index (χ3n) is 4.73. The van der Waals surface area contributed by atoms with E-state index in [1.54, 1.807) is 31.5 Å². The molecule has 31 heavy (non-hydrogen) atoms. The average molecular weight is 457 g/mol. The van der Waals surface area contributed by atoms with Crippen LogP contribution >= 0.6 is 23.2 Å². The number of methoxy groups -OCH3 is 1. The van der Waals surface area contributed by atoms with Crippen molar-refractivity contribution in [2.45, 2.75) is 32.8 Å². The van der Waals surface area contributed by atoms with Crippen molar-refractivity contribution < 1.29 is 9.47 Å². The summed E-state index contributed by atoms with van der Waals surface area (Å²) in [6, 6.07) is 19.4. The van der Waals surface area contributed by atoms with Gasteiger partial charge in [0, 0.05) is 0 Å². The zero-order valence-corrected chi connectivity index (χ0v) is 19.6. The molecule has 3 rings (SSSR count). The molecule has 0 fully saturated rings. The van der Waals surface area contributed by atoms with Crippen LogP contribution < -0.4 is 14.9 Å². The number of nitrogens with one attached hydrogen (secondary N) is 1. The molecule has 4 nitrogen and oxygen atoms in total. The number of ether oxygens (including phenoxy) is 2. The largest absolute Gasteiger partial charge is 0.493 e. The summed E-state index contributed by atoms with van der Waals surface area (Å²) in [7, 11) is 1.62. The van der Waals surface area contributed by atoms with Crippen LogP contribution in [0.4, 0.5) is 5.69 Å². The first-order chi connectivity index (χ1) is 14.8. The van der Waals surface area contributed by atoms with Gasteiger partial charge in [0.05, 0.1) is 29.1 Å². The summed E-state index contributed by atoms with van der Waals surface area (Å²) in [6.45, 7) is 7.07. The Morgan fingerprint density at radius 2 is 1.65 bits per heavy atom. The fourth-order valence-electron chi connectivity index (χ4n) is 2.89. The lowest BCUT2D eigenvalue weighted by Crippen LogP contribution is -2.10. The second-order valence-electron chi connectivity index (χ2n) is 8.14. The monoisotopic (exact) mass is 456 g/mol. The first-order valence-electron chi connectivity index (χ1n) is 9.90. The summed E-state index contributed by atoms with van der Waals surface area (Å²) in [5.41, 5.74) is 7.08. The van der Waals surface area contributed by atoms with E-state index in [2.05, 4.69) is 55.6 Å². The first kappa shape index (κ1) is 23.0. The van der Waals surface area contributed by atoms with Gasteiger partial charge < -0.3 is 9.47 Å². The molecule has 0 amide bonds. The fraction of sp³-hybridized carbons (Fsp3) is 0.240. The SMILES string of the molecule is COc1cc(C=NNc2ccc(Cl)c(Cl)c2)ccc1OCc1ccc(C(C)(C)C)cc1. The summed E-state index contributed by atoms with van der Waals surface area (Å²) in [4.78, 5) is 0. The lowest BCUT2D eigenvalue weighted by molar-refractivity contribution is 0.284. The van der Waals surface area contributed by atoms with E-state index in [0.29, 0.717) is 28.2 Å². The van der Waals surface area contributed by atoms with E-state index in [1.165, 1.54) is 5.56 Å². The highest BCUT2D eigenvalue weighted by atomic mass is 35.5. The third-order valence-corrected chi connectivity index (χ3v) is 5.47. The fourth-order valence-corrected chi connectivity index (χ4v) is 3.19. The molecule has 3 aromatic rings. The van der Waals surface area contributed by atoms with Crippen molar-refractivity contribution in [3.05, 3.63) is 87.4 Å². The molecule has 0 unspecified atom stereocenters. The molecular weight excluding hydrogens is 431 g/mol. The van der Waals surface area contributed by atoms with Crippen molar-refractivity contribution in [2.24, 2.45) is 5.10 Å². The molecule has 0 aliphatic rings. The summed E-state index contributed by atoms with van der Waals surface area (Å²) >= 11 is 11.9. The van der Waals surface area contributed by atoms with Crippen molar-refractivity contribution in [1.82, 2.24) is 0 Å². The van der Waals surface area contributed by atoms with E-state index < -0.39 is 0 Å². The number of hydrogen-bond acceptors (Lipinski definition) is 4. The zero-order chi connectivity index (χ0) is 22.4. The highest BCUT2D eigenvalue weighted by Gasteiger charge is 2.13. The minimum absolute atomic E-state index is 0.134. The molecule has 0 atom stereocenters. The molecular formula is C25H26Cl2N2O2. The van der Waals surface area contributed by atoms with Crippen LogP contribution in [0.5, 0.6) is 11.5 Å². The van der Waals surface area contributed by atoms with Gasteiger partial charge in [0.25, 0.3) is 0 Å². The highest BCUT2D eigenvalue weighted by molar-refractivity contribution is 6.42. The summed E-state index contributed by atoms with van der Waals surface area (Å²) in [6.07, 6.45) is 1.69. The van der Waals surface area contributed by atoms with Crippen LogP contribution in [-0.4, -0.2) is 13.3 Å². The Bertz CT molecular complexity index is 1060. The minimum Gasteiger partial charge on any atom is -0.493 e. The van der Waals surface area contributed by atoms with Crippen LogP contribution in [0.15, 0.2) is 65.8 Å². The highest BCUT2D eigenvalue weighted by Crippen LogP contribution is 2.29. The van der Waals surface area contributed by atoms with E-state index in [4.69, 9.17) is 32.7 Å². The minimum atomic E-state index is 0.134. The number of nitrogens with zero attached hydrogens (tertiary/aromatic N) is 1. The van der Waals surface area contributed by atoms with E-state index in [1.807, 2.05) is 18.2 Å². The van der Waals surface area contributed by atoms with Gasteiger partial charge in [-0.25, -0.2) is 0 Å². The van der Waals surface area contributed by atoms with E-state index in [-0.39, 0.29) is 5.41 Å². The Morgan fingerprint density at radius 1 is 0.903 bits per heavy atom. The predicted molar refractivity (Wildman–Crippen MR) is 130 cm³/mol. The van der Waals surface area contributed by atoms with E-state index in [0.717, 1.165) is 16.8 Å². The quantitative estimate of drug-likeness (QED) is 0.299. The van der Waals surface area contributed by atoms with Crippen molar-refractivity contribution in [1.29, 1.82) is 0 Å². The van der Waals surface area contributed by atoms with Crippen LogP contribution in [-0.2, 0) is 12.0 Å². The Morgan fingerprint density at radius 3 is 2.29 bits per heavy atom. The van der Waals surface area contributed by atoms with Crippen molar-refractivity contribution in [3.8, 4) is 11.5 Å². The number of hydrazone groups is 1. The second kappa shape index (κ2) is 10.1. The maximum Gasteiger partial charge on any atom is 0.161 e. The van der Waals surface area contributed by atoms with Crippen LogP contribution in [0.25, 0.3) is 0 Å². The lowest BCUT2D eigenvalue weighted by atomic mass is 9.87. The van der Waals surface area contributed by atoms with Crippen LogP contribution in [0.1, 0.15) is 37.5 Å². The van der Waals surface area contributed by atoms with E-state index in [9.17, 15) is 0 Å². The van der Waals surface area contributed by atoms with Gasteiger partial charge in [-0.2, -0.15) is 5.10 Å². The number of anilines is 1. The molecule has 0 saturated heterocycles. The molecule has 0 heterocycles. The molecule has 0 aliphatic carbocycles. The molecule has 162 valence electrons. The van der Waals surface area contributed by atoms with Crippen LogP contribution in [0, 0.1) is 0 Å². The van der Waals surface area contributed by atoms with Crippen molar-refractivity contribution >= 4 is 35.1 Å². The topological polar surface area (TPSA) is 42.8 Å². The Balaban J connectivity index is 1.63. The normalized spacial score (nSPS) is 11.5. The van der Waals surface area contributed by atoms with Gasteiger partial charge in [0.15, 0.2) is 11.5 Å². The maximum atomic E-state index is 6.01. The zero-order valence-electron chi connectivity index (χ0n) is 18.1. The van der Waals surface area contributed by atoms with Gasteiger partial charge in [-0.3, -0.25) is 5.43 Å². The van der Waals surface area contributed by atoms with Crippen LogP contribution in [0.2, 0.25) is 10.0 Å². The lowest BCUT2D eigenvalue weighted by Gasteiger charge is -2.19. The third kappa shape index (κ3) is 6.39. The Kier molecular flexibility index (Phi) is 7.47.